The minimum Gasteiger partial charge on any atom is -0.368 e. The van der Waals surface area contributed by atoms with Gasteiger partial charge in [0.25, 0.3) is 0 Å². The van der Waals surface area contributed by atoms with Crippen molar-refractivity contribution >= 4 is 23.2 Å². The number of nitrogens with two attached hydrogens (primary N) is 1. The third kappa shape index (κ3) is 2.59. The highest BCUT2D eigenvalue weighted by Crippen LogP contribution is 2.65. The van der Waals surface area contributed by atoms with Gasteiger partial charge in [0, 0.05) is 4.88 Å². The van der Waals surface area contributed by atoms with E-state index in [0.717, 1.165) is 37.0 Å². The Morgan fingerprint density at radius 3 is 2.22 bits per heavy atom. The predicted molar refractivity (Wildman–Crippen MR) is 92.2 cm³/mol. The van der Waals surface area contributed by atoms with Crippen LogP contribution < -0.4 is 11.1 Å². The van der Waals surface area contributed by atoms with Crippen molar-refractivity contribution in [1.82, 2.24) is 5.32 Å². The van der Waals surface area contributed by atoms with Gasteiger partial charge in [-0.2, -0.15) is 0 Å². The fourth-order valence-corrected chi connectivity index (χ4v) is 5.25. The summed E-state index contributed by atoms with van der Waals surface area (Å²) in [6.07, 6.45) is 6.24. The quantitative estimate of drug-likeness (QED) is 0.831. The summed E-state index contributed by atoms with van der Waals surface area (Å²) in [7, 11) is 0. The molecule has 2 aliphatic carbocycles. The van der Waals surface area contributed by atoms with Crippen LogP contribution in [0.2, 0.25) is 0 Å². The zero-order chi connectivity index (χ0) is 16.7. The van der Waals surface area contributed by atoms with Crippen molar-refractivity contribution in [3.63, 3.8) is 0 Å². The molecule has 2 aliphatic rings. The first kappa shape index (κ1) is 16.5. The van der Waals surface area contributed by atoms with E-state index >= 15 is 0 Å². The summed E-state index contributed by atoms with van der Waals surface area (Å²) in [6, 6.07) is 4.02. The molecule has 3 rings (SSSR count). The Labute approximate surface area is 141 Å². The van der Waals surface area contributed by atoms with Crippen LogP contribution in [0.3, 0.4) is 0 Å². The molecule has 3 N–H and O–H groups in total. The fourth-order valence-electron chi connectivity index (χ4n) is 4.15. The lowest BCUT2D eigenvalue weighted by atomic mass is 9.86. The Kier molecular flexibility index (Phi) is 4.03. The summed E-state index contributed by atoms with van der Waals surface area (Å²) in [6.45, 7) is 4.24. The van der Waals surface area contributed by atoms with Crippen molar-refractivity contribution in [2.24, 2.45) is 11.1 Å². The van der Waals surface area contributed by atoms with E-state index in [2.05, 4.69) is 19.2 Å². The largest absolute Gasteiger partial charge is 0.368 e. The van der Waals surface area contributed by atoms with Crippen LogP contribution in [0.15, 0.2) is 17.5 Å². The Hall–Kier alpha value is -1.36. The number of carbonyl (C=O) groups is 2. The highest BCUT2D eigenvalue weighted by atomic mass is 32.1. The maximum Gasteiger partial charge on any atom is 0.243 e. The van der Waals surface area contributed by atoms with Gasteiger partial charge < -0.3 is 11.1 Å². The van der Waals surface area contributed by atoms with E-state index in [9.17, 15) is 9.59 Å². The second-order valence-corrected chi connectivity index (χ2v) is 8.71. The van der Waals surface area contributed by atoms with Crippen molar-refractivity contribution in [2.75, 3.05) is 0 Å². The Morgan fingerprint density at radius 2 is 1.78 bits per heavy atom. The molecule has 4 nitrogen and oxygen atoms in total. The first-order chi connectivity index (χ1) is 10.8. The lowest BCUT2D eigenvalue weighted by molar-refractivity contribution is -0.134. The molecule has 1 atom stereocenters. The number of primary amides is 1. The number of hydrogen-bond acceptors (Lipinski definition) is 3. The standard InChI is InChI=1S/C18H26N2O2S/c1-16(2)12-18(16,13-8-7-11-23-13)15(22)20-17(14(19)21)9-5-3-4-6-10-17/h7-8,11H,3-6,9-10,12H2,1-2H3,(H2,19,21)(H,20,22). The van der Waals surface area contributed by atoms with Crippen molar-refractivity contribution in [3.05, 3.63) is 22.4 Å². The molecular weight excluding hydrogens is 308 g/mol. The monoisotopic (exact) mass is 334 g/mol. The van der Waals surface area contributed by atoms with Crippen LogP contribution in [0, 0.1) is 5.41 Å². The summed E-state index contributed by atoms with van der Waals surface area (Å²) in [4.78, 5) is 26.5. The first-order valence-corrected chi connectivity index (χ1v) is 9.39. The molecule has 5 heteroatoms. The maximum atomic E-state index is 13.2. The van der Waals surface area contributed by atoms with Gasteiger partial charge in [0.2, 0.25) is 11.8 Å². The molecule has 0 aromatic carbocycles. The zero-order valence-electron chi connectivity index (χ0n) is 14.0. The van der Waals surface area contributed by atoms with Crippen LogP contribution in [0.5, 0.6) is 0 Å². The van der Waals surface area contributed by atoms with E-state index in [1.807, 2.05) is 17.5 Å². The van der Waals surface area contributed by atoms with Crippen molar-refractivity contribution in [2.45, 2.75) is 69.7 Å². The van der Waals surface area contributed by atoms with Crippen molar-refractivity contribution in [3.8, 4) is 0 Å². The van der Waals surface area contributed by atoms with Gasteiger partial charge in [-0.15, -0.1) is 11.3 Å². The molecule has 2 saturated carbocycles. The van der Waals surface area contributed by atoms with Gasteiger partial charge in [0.1, 0.15) is 5.54 Å². The summed E-state index contributed by atoms with van der Waals surface area (Å²) in [5.41, 5.74) is 4.27. The predicted octanol–water partition coefficient (Wildman–Crippen LogP) is 3.11. The van der Waals surface area contributed by atoms with Crippen molar-refractivity contribution < 1.29 is 9.59 Å². The van der Waals surface area contributed by atoms with Gasteiger partial charge in [-0.25, -0.2) is 0 Å². The average molecular weight is 334 g/mol. The van der Waals surface area contributed by atoms with Gasteiger partial charge in [-0.3, -0.25) is 9.59 Å². The van der Waals surface area contributed by atoms with Crippen molar-refractivity contribution in [1.29, 1.82) is 0 Å². The number of thiophene rings is 1. The van der Waals surface area contributed by atoms with E-state index < -0.39 is 11.0 Å². The molecule has 0 aliphatic heterocycles. The summed E-state index contributed by atoms with van der Waals surface area (Å²) in [5.74, 6) is -0.404. The maximum absolute atomic E-state index is 13.2. The summed E-state index contributed by atoms with van der Waals surface area (Å²) < 4.78 is 0. The molecular formula is C18H26N2O2S. The van der Waals surface area contributed by atoms with Crippen LogP contribution in [0.1, 0.15) is 63.7 Å². The molecule has 1 unspecified atom stereocenters. The number of amides is 2. The third-order valence-electron chi connectivity index (χ3n) is 5.85. The number of hydrogen-bond donors (Lipinski definition) is 2. The minimum atomic E-state index is -0.865. The van der Waals surface area contributed by atoms with E-state index in [1.54, 1.807) is 11.3 Å². The summed E-state index contributed by atoms with van der Waals surface area (Å²) in [5, 5.41) is 5.12. The molecule has 1 aromatic rings. The molecule has 0 saturated heterocycles. The van der Waals surface area contributed by atoms with Crippen LogP contribution in [0.4, 0.5) is 0 Å². The number of rotatable bonds is 4. The molecule has 1 aromatic heterocycles. The van der Waals surface area contributed by atoms with Gasteiger partial charge in [-0.05, 0) is 36.1 Å². The van der Waals surface area contributed by atoms with Gasteiger partial charge >= 0.3 is 0 Å². The van der Waals surface area contributed by atoms with Gasteiger partial charge in [0.05, 0.1) is 5.41 Å². The van der Waals surface area contributed by atoms with E-state index in [0.29, 0.717) is 12.8 Å². The molecule has 0 bridgehead atoms. The third-order valence-corrected chi connectivity index (χ3v) is 6.88. The highest BCUT2D eigenvalue weighted by Gasteiger charge is 2.68. The second-order valence-electron chi connectivity index (χ2n) is 7.76. The van der Waals surface area contributed by atoms with Gasteiger partial charge in [0.15, 0.2) is 0 Å². The number of nitrogens with one attached hydrogen (secondary N) is 1. The van der Waals surface area contributed by atoms with E-state index in [1.165, 1.54) is 0 Å². The molecule has 0 spiro atoms. The SMILES string of the molecule is CC1(C)CC1(C(=O)NC1(C(N)=O)CCCCCC1)c1cccs1. The number of carbonyl (C=O) groups excluding carboxylic acids is 2. The van der Waals surface area contributed by atoms with Crippen LogP contribution in [-0.2, 0) is 15.0 Å². The molecule has 23 heavy (non-hydrogen) atoms. The molecule has 1 heterocycles. The normalized spacial score (nSPS) is 28.6. The lowest BCUT2D eigenvalue weighted by Crippen LogP contribution is -2.59. The second kappa shape index (κ2) is 5.62. The Bertz CT molecular complexity index is 601. The highest BCUT2D eigenvalue weighted by molar-refractivity contribution is 7.10. The topological polar surface area (TPSA) is 72.2 Å². The van der Waals surface area contributed by atoms with Crippen LogP contribution in [-0.4, -0.2) is 17.4 Å². The first-order valence-electron chi connectivity index (χ1n) is 8.51. The molecule has 0 radical (unpaired) electrons. The molecule has 126 valence electrons. The van der Waals surface area contributed by atoms with Gasteiger partial charge in [-0.1, -0.05) is 45.6 Å². The Morgan fingerprint density at radius 1 is 1.17 bits per heavy atom. The fraction of sp³-hybridized carbons (Fsp3) is 0.667. The minimum absolute atomic E-state index is 0.0225. The average Bonchev–Trinajstić information content (AvgIpc) is 2.84. The lowest BCUT2D eigenvalue weighted by Gasteiger charge is -2.33. The molecule has 2 amide bonds. The molecule has 2 fully saturated rings. The summed E-state index contributed by atoms with van der Waals surface area (Å²) >= 11 is 1.62. The zero-order valence-corrected chi connectivity index (χ0v) is 14.8. The van der Waals surface area contributed by atoms with Crippen LogP contribution in [0.25, 0.3) is 0 Å². The van der Waals surface area contributed by atoms with E-state index in [-0.39, 0.29) is 17.2 Å². The van der Waals surface area contributed by atoms with E-state index in [4.69, 9.17) is 5.73 Å². The van der Waals surface area contributed by atoms with Crippen LogP contribution >= 0.6 is 11.3 Å². The Balaban J connectivity index is 1.88. The smallest absolute Gasteiger partial charge is 0.243 e.